The Kier molecular flexibility index (Phi) is 5.16. The van der Waals surface area contributed by atoms with Gasteiger partial charge in [-0.2, -0.15) is 0 Å². The second kappa shape index (κ2) is 7.08. The third-order valence-electron chi connectivity index (χ3n) is 3.12. The molecule has 1 aromatic heterocycles. The van der Waals surface area contributed by atoms with Gasteiger partial charge in [0.05, 0.1) is 16.9 Å². The minimum Gasteiger partial charge on any atom is -0.482 e. The summed E-state index contributed by atoms with van der Waals surface area (Å²) in [6.45, 7) is 3.93. The lowest BCUT2D eigenvalue weighted by Crippen LogP contribution is -2.35. The summed E-state index contributed by atoms with van der Waals surface area (Å²) in [6, 6.07) is 5.59. The first-order valence-electron chi connectivity index (χ1n) is 6.80. The van der Waals surface area contributed by atoms with Crippen LogP contribution < -0.4 is 15.8 Å². The number of carbonyl (C=O) groups is 1. The molecule has 1 unspecified atom stereocenters. The Bertz CT molecular complexity index is 599. The quantitative estimate of drug-likeness (QED) is 0.804. The van der Waals surface area contributed by atoms with Gasteiger partial charge in [-0.05, 0) is 31.5 Å². The summed E-state index contributed by atoms with van der Waals surface area (Å²) >= 11 is 1.53. The van der Waals surface area contributed by atoms with E-state index in [2.05, 4.69) is 10.3 Å². The molecule has 6 heteroatoms. The van der Waals surface area contributed by atoms with Crippen molar-refractivity contribution in [2.45, 2.75) is 26.3 Å². The second-order valence-electron chi connectivity index (χ2n) is 4.79. The molecule has 0 saturated carbocycles. The third-order valence-corrected chi connectivity index (χ3v) is 3.70. The fourth-order valence-electron chi connectivity index (χ4n) is 1.76. The molecule has 1 heterocycles. The van der Waals surface area contributed by atoms with E-state index in [0.717, 1.165) is 17.7 Å². The number of anilines is 1. The summed E-state index contributed by atoms with van der Waals surface area (Å²) in [6.07, 6.45) is 0.885. The lowest BCUT2D eigenvalue weighted by molar-refractivity contribution is -0.123. The number of hydrogen-bond donors (Lipinski definition) is 2. The molecule has 0 spiro atoms. The van der Waals surface area contributed by atoms with Crippen molar-refractivity contribution >= 4 is 22.9 Å². The van der Waals surface area contributed by atoms with Gasteiger partial charge in [0, 0.05) is 17.0 Å². The molecular weight excluding hydrogens is 286 g/mol. The van der Waals surface area contributed by atoms with Crippen LogP contribution in [-0.2, 0) is 4.79 Å². The number of thiazole rings is 1. The summed E-state index contributed by atoms with van der Waals surface area (Å²) in [5.41, 5.74) is 10.0. The van der Waals surface area contributed by atoms with Crippen LogP contribution in [0.25, 0.3) is 11.3 Å². The number of ether oxygens (including phenoxy) is 1. The molecule has 2 rings (SSSR count). The number of nitrogens with one attached hydrogen (secondary N) is 1. The van der Waals surface area contributed by atoms with E-state index in [4.69, 9.17) is 10.5 Å². The van der Waals surface area contributed by atoms with E-state index in [0.29, 0.717) is 11.4 Å². The average molecular weight is 305 g/mol. The highest BCUT2D eigenvalue weighted by Crippen LogP contribution is 2.28. The number of nitrogen functional groups attached to an aromatic ring is 1. The van der Waals surface area contributed by atoms with Crippen LogP contribution in [0.4, 0.5) is 5.69 Å². The van der Waals surface area contributed by atoms with Crippen molar-refractivity contribution < 1.29 is 9.53 Å². The predicted molar refractivity (Wildman–Crippen MR) is 85.4 cm³/mol. The molecule has 5 nitrogen and oxygen atoms in total. The number of amides is 1. The largest absolute Gasteiger partial charge is 0.482 e. The Morgan fingerprint density at radius 1 is 1.52 bits per heavy atom. The van der Waals surface area contributed by atoms with Crippen molar-refractivity contribution in [1.82, 2.24) is 10.3 Å². The minimum atomic E-state index is -0.146. The summed E-state index contributed by atoms with van der Waals surface area (Å²) in [5, 5.41) is 4.79. The lowest BCUT2D eigenvalue weighted by Gasteiger charge is -2.13. The number of nitrogens with two attached hydrogens (primary N) is 1. The van der Waals surface area contributed by atoms with Crippen molar-refractivity contribution in [1.29, 1.82) is 0 Å². The summed E-state index contributed by atoms with van der Waals surface area (Å²) in [5.74, 6) is 0.362. The van der Waals surface area contributed by atoms with Gasteiger partial charge in [0.1, 0.15) is 5.75 Å². The fourth-order valence-corrected chi connectivity index (χ4v) is 2.32. The molecule has 0 aliphatic rings. The Morgan fingerprint density at radius 3 is 2.95 bits per heavy atom. The summed E-state index contributed by atoms with van der Waals surface area (Å²) in [4.78, 5) is 15.9. The van der Waals surface area contributed by atoms with E-state index in [1.54, 1.807) is 17.6 Å². The molecule has 1 amide bonds. The highest BCUT2D eigenvalue weighted by Gasteiger charge is 2.09. The van der Waals surface area contributed by atoms with E-state index >= 15 is 0 Å². The summed E-state index contributed by atoms with van der Waals surface area (Å²) in [7, 11) is 0. The van der Waals surface area contributed by atoms with Crippen molar-refractivity contribution in [3.63, 3.8) is 0 Å². The molecule has 0 aliphatic heterocycles. The van der Waals surface area contributed by atoms with Crippen LogP contribution in [0.3, 0.4) is 0 Å². The zero-order valence-corrected chi connectivity index (χ0v) is 12.9. The maximum absolute atomic E-state index is 11.7. The smallest absolute Gasteiger partial charge is 0.258 e. The monoisotopic (exact) mass is 305 g/mol. The molecule has 0 bridgehead atoms. The standard InChI is InChI=1S/C15H19N3O2S/c1-3-10(2)18-15(19)7-20-14-5-4-11(6-12(14)16)13-8-21-9-17-13/h4-6,8-10H,3,7,16H2,1-2H3,(H,18,19). The second-order valence-corrected chi connectivity index (χ2v) is 5.51. The fraction of sp³-hybridized carbons (Fsp3) is 0.333. The number of aromatic nitrogens is 1. The van der Waals surface area contributed by atoms with Crippen LogP contribution in [0, 0.1) is 0 Å². The SMILES string of the molecule is CCC(C)NC(=O)COc1ccc(-c2cscn2)cc1N. The highest BCUT2D eigenvalue weighted by molar-refractivity contribution is 7.07. The Balaban J connectivity index is 1.97. The van der Waals surface area contributed by atoms with Crippen LogP contribution in [0.1, 0.15) is 20.3 Å². The van der Waals surface area contributed by atoms with Crippen LogP contribution >= 0.6 is 11.3 Å². The number of nitrogens with zero attached hydrogens (tertiary/aromatic N) is 1. The minimum absolute atomic E-state index is 0.0371. The maximum atomic E-state index is 11.7. The molecule has 112 valence electrons. The number of carbonyl (C=O) groups excluding carboxylic acids is 1. The molecule has 2 aromatic rings. The van der Waals surface area contributed by atoms with Crippen molar-refractivity contribution in [2.24, 2.45) is 0 Å². The van der Waals surface area contributed by atoms with Gasteiger partial charge in [-0.1, -0.05) is 6.92 Å². The lowest BCUT2D eigenvalue weighted by atomic mass is 10.1. The molecule has 0 fully saturated rings. The molecule has 0 aliphatic carbocycles. The van der Waals surface area contributed by atoms with Crippen molar-refractivity contribution in [3.05, 3.63) is 29.1 Å². The first-order valence-corrected chi connectivity index (χ1v) is 7.74. The Morgan fingerprint density at radius 2 is 2.33 bits per heavy atom. The molecular formula is C15H19N3O2S. The van der Waals surface area contributed by atoms with Gasteiger partial charge in [-0.3, -0.25) is 4.79 Å². The van der Waals surface area contributed by atoms with E-state index < -0.39 is 0 Å². The zero-order chi connectivity index (χ0) is 15.2. The van der Waals surface area contributed by atoms with Gasteiger partial charge in [-0.25, -0.2) is 4.98 Å². The molecule has 1 aromatic carbocycles. The topological polar surface area (TPSA) is 77.2 Å². The van der Waals surface area contributed by atoms with Crippen LogP contribution in [0.2, 0.25) is 0 Å². The zero-order valence-electron chi connectivity index (χ0n) is 12.1. The normalized spacial score (nSPS) is 11.9. The van der Waals surface area contributed by atoms with Gasteiger partial charge in [-0.15, -0.1) is 11.3 Å². The van der Waals surface area contributed by atoms with Crippen molar-refractivity contribution in [2.75, 3.05) is 12.3 Å². The molecule has 0 radical (unpaired) electrons. The number of benzene rings is 1. The molecule has 0 saturated heterocycles. The van der Waals surface area contributed by atoms with Crippen molar-refractivity contribution in [3.8, 4) is 17.0 Å². The number of rotatable bonds is 6. The van der Waals surface area contributed by atoms with Crippen LogP contribution in [0.15, 0.2) is 29.1 Å². The molecule has 1 atom stereocenters. The van der Waals surface area contributed by atoms with Gasteiger partial charge < -0.3 is 15.8 Å². The van der Waals surface area contributed by atoms with Gasteiger partial charge in [0.2, 0.25) is 0 Å². The summed E-state index contributed by atoms with van der Waals surface area (Å²) < 4.78 is 5.46. The van der Waals surface area contributed by atoms with Gasteiger partial charge in [0.15, 0.2) is 6.61 Å². The first-order chi connectivity index (χ1) is 10.1. The third kappa shape index (κ3) is 4.19. The van der Waals surface area contributed by atoms with Gasteiger partial charge >= 0.3 is 0 Å². The van der Waals surface area contributed by atoms with Crippen LogP contribution in [-0.4, -0.2) is 23.5 Å². The predicted octanol–water partition coefficient (Wildman–Crippen LogP) is 2.69. The average Bonchev–Trinajstić information content (AvgIpc) is 3.00. The highest BCUT2D eigenvalue weighted by atomic mass is 32.1. The van der Waals surface area contributed by atoms with E-state index in [1.165, 1.54) is 11.3 Å². The Labute approximate surface area is 128 Å². The maximum Gasteiger partial charge on any atom is 0.258 e. The van der Waals surface area contributed by atoms with E-state index in [-0.39, 0.29) is 18.6 Å². The van der Waals surface area contributed by atoms with E-state index in [1.807, 2.05) is 25.3 Å². The number of hydrogen-bond acceptors (Lipinski definition) is 5. The molecule has 21 heavy (non-hydrogen) atoms. The van der Waals surface area contributed by atoms with Crippen LogP contribution in [0.5, 0.6) is 5.75 Å². The van der Waals surface area contributed by atoms with Gasteiger partial charge in [0.25, 0.3) is 5.91 Å². The molecule has 3 N–H and O–H groups in total. The Hall–Kier alpha value is -2.08. The van der Waals surface area contributed by atoms with E-state index in [9.17, 15) is 4.79 Å². The first kappa shape index (κ1) is 15.3.